The minimum Gasteiger partial charge on any atom is -0.480 e. The van der Waals surface area contributed by atoms with Crippen molar-refractivity contribution >= 4 is 23.5 Å². The topological polar surface area (TPSA) is 105 Å². The van der Waals surface area contributed by atoms with Crippen LogP contribution >= 0.6 is 0 Å². The first-order valence-electron chi connectivity index (χ1n) is 7.64. The van der Waals surface area contributed by atoms with Gasteiger partial charge in [0, 0.05) is 31.2 Å². The van der Waals surface area contributed by atoms with Crippen LogP contribution in [0.25, 0.3) is 0 Å². The van der Waals surface area contributed by atoms with Gasteiger partial charge in [-0.3, -0.25) is 9.59 Å². The summed E-state index contributed by atoms with van der Waals surface area (Å²) < 4.78 is 5.50. The molecule has 3 N–H and O–H groups in total. The molecule has 0 aromatic heterocycles. The maximum Gasteiger partial charge on any atom is 0.326 e. The van der Waals surface area contributed by atoms with Gasteiger partial charge in [-0.1, -0.05) is 0 Å². The second-order valence-electron chi connectivity index (χ2n) is 6.37. The third kappa shape index (κ3) is 7.23. The fraction of sp³-hybridized carbons (Fsp3) is 0.471. The number of aliphatic carboxylic acids is 1. The van der Waals surface area contributed by atoms with E-state index in [9.17, 15) is 19.5 Å². The van der Waals surface area contributed by atoms with Crippen molar-refractivity contribution in [1.82, 2.24) is 5.32 Å². The minimum absolute atomic E-state index is 0.169. The number of anilines is 1. The molecule has 0 bridgehead atoms. The van der Waals surface area contributed by atoms with E-state index in [1.807, 2.05) is 20.8 Å². The Balaban J connectivity index is 2.64. The Kier molecular flexibility index (Phi) is 6.91. The molecule has 0 saturated carbocycles. The number of nitrogens with one attached hydrogen (secondary N) is 2. The summed E-state index contributed by atoms with van der Waals surface area (Å²) in [7, 11) is 0. The van der Waals surface area contributed by atoms with Crippen molar-refractivity contribution in [3.05, 3.63) is 29.8 Å². The van der Waals surface area contributed by atoms with E-state index in [-0.39, 0.29) is 24.5 Å². The Morgan fingerprint density at radius 2 is 1.75 bits per heavy atom. The van der Waals surface area contributed by atoms with Crippen molar-refractivity contribution in [1.29, 1.82) is 0 Å². The van der Waals surface area contributed by atoms with Crippen LogP contribution in [-0.4, -0.2) is 41.1 Å². The largest absolute Gasteiger partial charge is 0.480 e. The molecule has 7 heteroatoms. The Morgan fingerprint density at radius 3 is 2.21 bits per heavy atom. The van der Waals surface area contributed by atoms with Crippen LogP contribution in [0.15, 0.2) is 24.3 Å². The summed E-state index contributed by atoms with van der Waals surface area (Å²) >= 11 is 0. The highest BCUT2D eigenvalue weighted by molar-refractivity contribution is 5.97. The fourth-order valence-corrected chi connectivity index (χ4v) is 1.89. The van der Waals surface area contributed by atoms with Gasteiger partial charge in [0.25, 0.3) is 5.91 Å². The number of benzene rings is 1. The molecule has 24 heavy (non-hydrogen) atoms. The average molecular weight is 336 g/mol. The molecule has 0 saturated heterocycles. The van der Waals surface area contributed by atoms with Gasteiger partial charge in [0.15, 0.2) is 0 Å². The first-order chi connectivity index (χ1) is 11.1. The zero-order chi connectivity index (χ0) is 18.3. The molecule has 2 amide bonds. The molecule has 0 heterocycles. The number of ether oxygens (including phenoxy) is 1. The summed E-state index contributed by atoms with van der Waals surface area (Å²) in [5.74, 6) is -1.82. The summed E-state index contributed by atoms with van der Waals surface area (Å²) in [6.45, 7) is 7.23. The van der Waals surface area contributed by atoms with Crippen molar-refractivity contribution < 1.29 is 24.2 Å². The van der Waals surface area contributed by atoms with Crippen LogP contribution in [0.5, 0.6) is 0 Å². The monoisotopic (exact) mass is 336 g/mol. The molecule has 0 aliphatic carbocycles. The highest BCUT2D eigenvalue weighted by Crippen LogP contribution is 2.11. The lowest BCUT2D eigenvalue weighted by Crippen LogP contribution is -2.42. The number of amides is 2. The molecule has 0 spiro atoms. The number of carboxylic acid groups (broad SMARTS) is 1. The Bertz CT molecular complexity index is 590. The molecule has 7 nitrogen and oxygen atoms in total. The van der Waals surface area contributed by atoms with Gasteiger partial charge >= 0.3 is 5.97 Å². The van der Waals surface area contributed by atoms with Crippen molar-refractivity contribution in [3.63, 3.8) is 0 Å². The predicted octanol–water partition coefficient (Wildman–Crippen LogP) is 2.03. The summed E-state index contributed by atoms with van der Waals surface area (Å²) in [6.07, 6.45) is 0.169. The van der Waals surface area contributed by atoms with E-state index in [1.54, 1.807) is 12.1 Å². The molecular formula is C17H24N2O5. The molecule has 0 aliphatic rings. The van der Waals surface area contributed by atoms with Crippen LogP contribution in [0.3, 0.4) is 0 Å². The fourth-order valence-electron chi connectivity index (χ4n) is 1.89. The molecule has 1 aromatic carbocycles. The highest BCUT2D eigenvalue weighted by Gasteiger charge is 2.21. The molecule has 1 aromatic rings. The molecule has 0 radical (unpaired) electrons. The summed E-state index contributed by atoms with van der Waals surface area (Å²) in [6, 6.07) is 5.16. The van der Waals surface area contributed by atoms with E-state index in [0.29, 0.717) is 11.3 Å². The highest BCUT2D eigenvalue weighted by atomic mass is 16.5. The first-order valence-corrected chi connectivity index (χ1v) is 7.64. The second-order valence-corrected chi connectivity index (χ2v) is 6.37. The van der Waals surface area contributed by atoms with Crippen LogP contribution in [0.2, 0.25) is 0 Å². The van der Waals surface area contributed by atoms with Gasteiger partial charge in [-0.15, -0.1) is 0 Å². The maximum absolute atomic E-state index is 12.2. The average Bonchev–Trinajstić information content (AvgIpc) is 2.44. The molecule has 0 fully saturated rings. The van der Waals surface area contributed by atoms with Crippen molar-refractivity contribution in [3.8, 4) is 0 Å². The van der Waals surface area contributed by atoms with Crippen LogP contribution in [0.4, 0.5) is 5.69 Å². The summed E-state index contributed by atoms with van der Waals surface area (Å²) in [5.41, 5.74) is 0.506. The third-order valence-corrected chi connectivity index (χ3v) is 3.01. The van der Waals surface area contributed by atoms with E-state index in [4.69, 9.17) is 4.74 Å². The summed E-state index contributed by atoms with van der Waals surface area (Å²) in [4.78, 5) is 34.4. The van der Waals surface area contributed by atoms with E-state index in [0.717, 1.165) is 0 Å². The molecular weight excluding hydrogens is 312 g/mol. The van der Waals surface area contributed by atoms with E-state index < -0.39 is 17.9 Å². The Hall–Kier alpha value is -2.41. The van der Waals surface area contributed by atoms with Crippen molar-refractivity contribution in [2.75, 3.05) is 11.9 Å². The lowest BCUT2D eigenvalue weighted by atomic mass is 10.1. The van der Waals surface area contributed by atoms with E-state index in [2.05, 4.69) is 10.6 Å². The van der Waals surface area contributed by atoms with Crippen molar-refractivity contribution in [2.24, 2.45) is 0 Å². The van der Waals surface area contributed by atoms with Crippen LogP contribution < -0.4 is 10.6 Å². The van der Waals surface area contributed by atoms with Crippen LogP contribution in [-0.2, 0) is 14.3 Å². The Labute approximate surface area is 141 Å². The van der Waals surface area contributed by atoms with Gasteiger partial charge in [0.2, 0.25) is 5.91 Å². The van der Waals surface area contributed by atoms with Gasteiger partial charge in [0.1, 0.15) is 6.04 Å². The number of carboxylic acids is 1. The molecule has 1 atom stereocenters. The zero-order valence-corrected chi connectivity index (χ0v) is 14.4. The normalized spacial score (nSPS) is 12.3. The van der Waals surface area contributed by atoms with Gasteiger partial charge in [0.05, 0.1) is 5.60 Å². The number of hydrogen-bond donors (Lipinski definition) is 3. The quantitative estimate of drug-likeness (QED) is 0.707. The van der Waals surface area contributed by atoms with Crippen molar-refractivity contribution in [2.45, 2.75) is 45.8 Å². The number of carbonyl (C=O) groups excluding carboxylic acids is 2. The second kappa shape index (κ2) is 8.44. The lowest BCUT2D eigenvalue weighted by molar-refractivity contribution is -0.140. The SMILES string of the molecule is CC(=O)Nc1ccc(C(=O)NC(CCOC(C)(C)C)C(=O)O)cc1. The standard InChI is InChI=1S/C17H24N2O5/c1-11(20)18-13-7-5-12(6-8-13)15(21)19-14(16(22)23)9-10-24-17(2,3)4/h5-8,14H,9-10H2,1-4H3,(H,18,20)(H,19,21)(H,22,23). The lowest BCUT2D eigenvalue weighted by Gasteiger charge is -2.21. The van der Waals surface area contributed by atoms with Gasteiger partial charge in [-0.2, -0.15) is 0 Å². The van der Waals surface area contributed by atoms with Gasteiger partial charge in [-0.25, -0.2) is 4.79 Å². The number of rotatable bonds is 7. The van der Waals surface area contributed by atoms with Gasteiger partial charge in [-0.05, 0) is 45.0 Å². The number of carbonyl (C=O) groups is 3. The smallest absolute Gasteiger partial charge is 0.326 e. The third-order valence-electron chi connectivity index (χ3n) is 3.01. The number of hydrogen-bond acceptors (Lipinski definition) is 4. The van der Waals surface area contributed by atoms with Gasteiger partial charge < -0.3 is 20.5 Å². The molecule has 1 unspecified atom stereocenters. The first kappa shape index (κ1) is 19.6. The molecule has 0 aliphatic heterocycles. The molecule has 132 valence electrons. The molecule has 1 rings (SSSR count). The van der Waals surface area contributed by atoms with E-state index in [1.165, 1.54) is 19.1 Å². The maximum atomic E-state index is 12.2. The minimum atomic E-state index is -1.12. The summed E-state index contributed by atoms with van der Waals surface area (Å²) in [5, 5.41) is 14.3. The Morgan fingerprint density at radius 1 is 1.17 bits per heavy atom. The van der Waals surface area contributed by atoms with E-state index >= 15 is 0 Å². The predicted molar refractivity (Wildman–Crippen MR) is 90.0 cm³/mol. The van der Waals surface area contributed by atoms with Crippen LogP contribution in [0, 0.1) is 0 Å². The van der Waals surface area contributed by atoms with Crippen LogP contribution in [0.1, 0.15) is 44.5 Å². The zero-order valence-electron chi connectivity index (χ0n) is 14.4.